The smallest absolute Gasteiger partial charge is 0.353 e. The van der Waals surface area contributed by atoms with Gasteiger partial charge in [0.15, 0.2) is 0 Å². The fraction of sp³-hybridized carbons (Fsp3) is 0.667. The SMILES string of the molecule is C/C(=C/[C@@H]1C[C@H](SC2=C(C(=O)O)N3C(=O)[C@H]([C@@H](C)O)[C@H]3[C@H]2C)CN1)CN.Cl. The Balaban J connectivity index is 0.00000261. The van der Waals surface area contributed by atoms with Crippen molar-refractivity contribution in [2.24, 2.45) is 17.6 Å². The molecule has 3 aliphatic heterocycles. The second-order valence-electron chi connectivity index (χ2n) is 7.48. The second-order valence-corrected chi connectivity index (χ2v) is 8.82. The molecule has 0 unspecified atom stereocenters. The van der Waals surface area contributed by atoms with Gasteiger partial charge in [-0.1, -0.05) is 18.6 Å². The summed E-state index contributed by atoms with van der Waals surface area (Å²) in [6, 6.07) is -0.00820. The lowest BCUT2D eigenvalue weighted by Crippen LogP contribution is -2.63. The molecule has 27 heavy (non-hydrogen) atoms. The van der Waals surface area contributed by atoms with Crippen LogP contribution < -0.4 is 11.1 Å². The molecule has 0 aliphatic carbocycles. The summed E-state index contributed by atoms with van der Waals surface area (Å²) in [6.45, 7) is 6.86. The number of aliphatic carboxylic acids is 1. The molecule has 2 fully saturated rings. The molecule has 0 saturated carbocycles. The number of fused-ring (bicyclic) bond motifs is 1. The lowest BCUT2D eigenvalue weighted by atomic mass is 9.79. The van der Waals surface area contributed by atoms with Gasteiger partial charge >= 0.3 is 5.97 Å². The van der Waals surface area contributed by atoms with Gasteiger partial charge in [0.25, 0.3) is 0 Å². The topological polar surface area (TPSA) is 116 Å². The minimum absolute atomic E-state index is 0. The van der Waals surface area contributed by atoms with E-state index < -0.39 is 18.0 Å². The number of halogens is 1. The first-order valence-corrected chi connectivity index (χ1v) is 9.90. The molecule has 152 valence electrons. The predicted molar refractivity (Wildman–Crippen MR) is 107 cm³/mol. The molecule has 0 radical (unpaired) electrons. The number of nitrogens with one attached hydrogen (secondary N) is 1. The number of β-lactam (4-membered cyclic amide) rings is 1. The first-order valence-electron chi connectivity index (χ1n) is 9.02. The number of nitrogens with zero attached hydrogens (tertiary/aromatic N) is 1. The Labute approximate surface area is 169 Å². The maximum Gasteiger partial charge on any atom is 0.353 e. The van der Waals surface area contributed by atoms with Crippen molar-refractivity contribution in [2.75, 3.05) is 13.1 Å². The molecule has 3 heterocycles. The average molecular weight is 418 g/mol. The molecular formula is C18H28ClN3O4S. The van der Waals surface area contributed by atoms with Gasteiger partial charge in [-0.25, -0.2) is 4.79 Å². The Morgan fingerprint density at radius 3 is 2.74 bits per heavy atom. The van der Waals surface area contributed by atoms with E-state index in [0.717, 1.165) is 23.4 Å². The average Bonchev–Trinajstić information content (AvgIpc) is 3.09. The number of rotatable bonds is 6. The summed E-state index contributed by atoms with van der Waals surface area (Å²) in [5.74, 6) is -1.94. The van der Waals surface area contributed by atoms with Crippen molar-refractivity contribution in [3.63, 3.8) is 0 Å². The summed E-state index contributed by atoms with van der Waals surface area (Å²) in [7, 11) is 0. The van der Waals surface area contributed by atoms with Gasteiger partial charge < -0.3 is 26.2 Å². The number of carboxylic acid groups (broad SMARTS) is 1. The number of carboxylic acids is 1. The summed E-state index contributed by atoms with van der Waals surface area (Å²) in [6.07, 6.45) is 2.25. The first-order chi connectivity index (χ1) is 12.3. The van der Waals surface area contributed by atoms with Gasteiger partial charge in [0, 0.05) is 35.2 Å². The highest BCUT2D eigenvalue weighted by molar-refractivity contribution is 8.03. The third-order valence-electron chi connectivity index (χ3n) is 5.54. The normalized spacial score (nSPS) is 34.3. The fourth-order valence-electron chi connectivity index (χ4n) is 4.22. The third kappa shape index (κ3) is 3.91. The van der Waals surface area contributed by atoms with Crippen molar-refractivity contribution in [1.29, 1.82) is 0 Å². The van der Waals surface area contributed by atoms with Crippen LogP contribution in [-0.2, 0) is 9.59 Å². The molecule has 9 heteroatoms. The lowest BCUT2D eigenvalue weighted by molar-refractivity contribution is -0.163. The van der Waals surface area contributed by atoms with E-state index in [2.05, 4.69) is 11.4 Å². The van der Waals surface area contributed by atoms with Crippen LogP contribution in [0.2, 0.25) is 0 Å². The number of hydrogen-bond acceptors (Lipinski definition) is 6. The zero-order valence-electron chi connectivity index (χ0n) is 15.7. The maximum absolute atomic E-state index is 12.4. The highest BCUT2D eigenvalue weighted by Gasteiger charge is 2.60. The van der Waals surface area contributed by atoms with E-state index in [1.807, 2.05) is 13.8 Å². The van der Waals surface area contributed by atoms with Crippen molar-refractivity contribution >= 4 is 36.0 Å². The summed E-state index contributed by atoms with van der Waals surface area (Å²) in [5, 5.41) is 23.3. The van der Waals surface area contributed by atoms with Crippen LogP contribution in [0.25, 0.3) is 0 Å². The molecule has 2 saturated heterocycles. The Morgan fingerprint density at radius 2 is 2.19 bits per heavy atom. The molecule has 7 nitrogen and oxygen atoms in total. The summed E-state index contributed by atoms with van der Waals surface area (Å²) in [5.41, 5.74) is 6.87. The molecular weight excluding hydrogens is 390 g/mol. The van der Waals surface area contributed by atoms with Crippen LogP contribution in [0.4, 0.5) is 0 Å². The fourth-order valence-corrected chi connectivity index (χ4v) is 5.71. The molecule has 0 aromatic carbocycles. The van der Waals surface area contributed by atoms with E-state index in [4.69, 9.17) is 5.73 Å². The van der Waals surface area contributed by atoms with E-state index >= 15 is 0 Å². The molecule has 0 bridgehead atoms. The molecule has 6 atom stereocenters. The van der Waals surface area contributed by atoms with Crippen molar-refractivity contribution in [1.82, 2.24) is 10.2 Å². The van der Waals surface area contributed by atoms with Crippen molar-refractivity contribution in [3.8, 4) is 0 Å². The minimum atomic E-state index is -1.07. The van der Waals surface area contributed by atoms with Crippen LogP contribution in [0.5, 0.6) is 0 Å². The van der Waals surface area contributed by atoms with Crippen LogP contribution in [0.15, 0.2) is 22.3 Å². The summed E-state index contributed by atoms with van der Waals surface area (Å²) >= 11 is 1.56. The number of aliphatic hydroxyl groups excluding tert-OH is 1. The van der Waals surface area contributed by atoms with Gasteiger partial charge in [-0.3, -0.25) is 4.79 Å². The highest BCUT2D eigenvalue weighted by atomic mass is 35.5. The summed E-state index contributed by atoms with van der Waals surface area (Å²) in [4.78, 5) is 26.3. The molecule has 0 spiro atoms. The number of aliphatic hydroxyl groups is 1. The van der Waals surface area contributed by atoms with Crippen molar-refractivity contribution < 1.29 is 19.8 Å². The standard InChI is InChI=1S/C18H27N3O4S.ClH/c1-8(6-19)4-11-5-12(7-20-11)26-16-9(2)14-13(10(3)22)17(23)21(14)15(16)18(24)25;/h4,9-14,20,22H,5-7,19H2,1-3H3,(H,24,25);1H/b8-4-;/t9-,10-,11-,12+,13-,14-;/m1./s1. The molecule has 0 aromatic rings. The highest BCUT2D eigenvalue weighted by Crippen LogP contribution is 2.51. The summed E-state index contributed by atoms with van der Waals surface area (Å²) < 4.78 is 0. The maximum atomic E-state index is 12.4. The van der Waals surface area contributed by atoms with E-state index in [0.29, 0.717) is 6.54 Å². The van der Waals surface area contributed by atoms with Gasteiger partial charge in [-0.05, 0) is 20.3 Å². The quantitative estimate of drug-likeness (QED) is 0.375. The van der Waals surface area contributed by atoms with Crippen LogP contribution in [-0.4, -0.2) is 63.5 Å². The molecule has 1 amide bonds. The van der Waals surface area contributed by atoms with Crippen LogP contribution in [0, 0.1) is 11.8 Å². The van der Waals surface area contributed by atoms with Gasteiger partial charge in [0.1, 0.15) is 5.70 Å². The van der Waals surface area contributed by atoms with E-state index in [9.17, 15) is 19.8 Å². The number of hydrogen-bond donors (Lipinski definition) is 4. The zero-order valence-corrected chi connectivity index (χ0v) is 17.3. The van der Waals surface area contributed by atoms with Crippen LogP contribution >= 0.6 is 24.2 Å². The second kappa shape index (κ2) is 8.53. The molecule has 3 aliphatic rings. The van der Waals surface area contributed by atoms with Crippen molar-refractivity contribution in [2.45, 2.75) is 50.6 Å². The van der Waals surface area contributed by atoms with Gasteiger partial charge in [0.05, 0.1) is 18.1 Å². The minimum Gasteiger partial charge on any atom is -0.477 e. The van der Waals surface area contributed by atoms with E-state index in [1.165, 1.54) is 4.90 Å². The van der Waals surface area contributed by atoms with Crippen LogP contribution in [0.1, 0.15) is 27.2 Å². The Kier molecular flexibility index (Phi) is 7.02. The zero-order chi connectivity index (χ0) is 19.2. The van der Waals surface area contributed by atoms with E-state index in [1.54, 1.807) is 18.7 Å². The number of carbonyl (C=O) groups excluding carboxylic acids is 1. The number of thioether (sulfide) groups is 1. The van der Waals surface area contributed by atoms with E-state index in [-0.39, 0.29) is 47.3 Å². The Bertz CT molecular complexity index is 682. The molecule has 3 rings (SSSR count). The third-order valence-corrected chi connectivity index (χ3v) is 7.05. The lowest BCUT2D eigenvalue weighted by Gasteiger charge is -2.46. The van der Waals surface area contributed by atoms with Gasteiger partial charge in [0.2, 0.25) is 5.91 Å². The van der Waals surface area contributed by atoms with Crippen molar-refractivity contribution in [3.05, 3.63) is 22.3 Å². The monoisotopic (exact) mass is 417 g/mol. The first kappa shape index (κ1) is 22.2. The number of nitrogens with two attached hydrogens (primary N) is 1. The van der Waals surface area contributed by atoms with Gasteiger partial charge in [-0.15, -0.1) is 24.2 Å². The number of carbonyl (C=O) groups is 2. The molecule has 0 aromatic heterocycles. The number of amides is 1. The Hall–Kier alpha value is -1.06. The van der Waals surface area contributed by atoms with Gasteiger partial charge in [-0.2, -0.15) is 0 Å². The largest absolute Gasteiger partial charge is 0.477 e. The Morgan fingerprint density at radius 1 is 1.52 bits per heavy atom. The predicted octanol–water partition coefficient (Wildman–Crippen LogP) is 0.931. The van der Waals surface area contributed by atoms with Crippen LogP contribution in [0.3, 0.4) is 0 Å². The molecule has 5 N–H and O–H groups in total.